The van der Waals surface area contributed by atoms with Gasteiger partial charge in [-0.25, -0.2) is 9.97 Å². The first-order valence-corrected chi connectivity index (χ1v) is 7.29. The van der Waals surface area contributed by atoms with Gasteiger partial charge in [0, 0.05) is 18.7 Å². The molecule has 0 atom stereocenters. The van der Waals surface area contributed by atoms with Crippen molar-refractivity contribution in [1.29, 1.82) is 0 Å². The van der Waals surface area contributed by atoms with Crippen molar-refractivity contribution in [2.75, 3.05) is 30.8 Å². The molecule has 0 aliphatic carbocycles. The van der Waals surface area contributed by atoms with Crippen LogP contribution < -0.4 is 15.4 Å². The van der Waals surface area contributed by atoms with Gasteiger partial charge in [0.2, 0.25) is 0 Å². The van der Waals surface area contributed by atoms with Crippen LogP contribution in [0.4, 0.5) is 11.5 Å². The number of nitrogens with two attached hydrogens (primary N) is 1. The largest absolute Gasteiger partial charge is 0.497 e. The Bertz CT molecular complexity index is 623. The van der Waals surface area contributed by atoms with Gasteiger partial charge in [0.1, 0.15) is 17.8 Å². The minimum absolute atomic E-state index is 0.646. The van der Waals surface area contributed by atoms with Gasteiger partial charge >= 0.3 is 0 Å². The normalized spacial score (nSPS) is 15.0. The molecule has 2 heterocycles. The number of anilines is 2. The van der Waals surface area contributed by atoms with Crippen molar-refractivity contribution >= 4 is 11.5 Å². The van der Waals surface area contributed by atoms with Crippen molar-refractivity contribution in [3.05, 3.63) is 30.6 Å². The van der Waals surface area contributed by atoms with Crippen molar-refractivity contribution in [2.45, 2.75) is 19.3 Å². The van der Waals surface area contributed by atoms with E-state index in [2.05, 4.69) is 14.9 Å². The van der Waals surface area contributed by atoms with E-state index in [1.54, 1.807) is 13.4 Å². The van der Waals surface area contributed by atoms with Crippen LogP contribution in [0.25, 0.3) is 11.3 Å². The van der Waals surface area contributed by atoms with Crippen molar-refractivity contribution in [1.82, 2.24) is 9.97 Å². The number of rotatable bonds is 3. The summed E-state index contributed by atoms with van der Waals surface area (Å²) in [6, 6.07) is 7.78. The Labute approximate surface area is 124 Å². The first kappa shape index (κ1) is 13.7. The van der Waals surface area contributed by atoms with E-state index < -0.39 is 0 Å². The monoisotopic (exact) mass is 284 g/mol. The standard InChI is InChI=1S/C16H20N4O/c1-21-13-7-5-6-12(10-13)15-14(17)16(19-11-18-15)20-8-3-2-4-9-20/h5-7,10-11H,2-4,8-9,17H2,1H3. The molecule has 5 heteroatoms. The molecule has 0 bridgehead atoms. The third-order valence-corrected chi connectivity index (χ3v) is 3.86. The summed E-state index contributed by atoms with van der Waals surface area (Å²) in [5.74, 6) is 1.65. The fourth-order valence-corrected chi connectivity index (χ4v) is 2.74. The summed E-state index contributed by atoms with van der Waals surface area (Å²) in [5.41, 5.74) is 8.70. The fraction of sp³-hybridized carbons (Fsp3) is 0.375. The van der Waals surface area contributed by atoms with Crippen LogP contribution >= 0.6 is 0 Å². The molecule has 0 saturated carbocycles. The molecule has 1 saturated heterocycles. The number of piperidine rings is 1. The van der Waals surface area contributed by atoms with Crippen LogP contribution in [0.15, 0.2) is 30.6 Å². The summed E-state index contributed by atoms with van der Waals surface area (Å²) in [4.78, 5) is 11.0. The summed E-state index contributed by atoms with van der Waals surface area (Å²) >= 11 is 0. The van der Waals surface area contributed by atoms with Gasteiger partial charge in [-0.3, -0.25) is 0 Å². The maximum atomic E-state index is 6.33. The highest BCUT2D eigenvalue weighted by molar-refractivity contribution is 5.81. The van der Waals surface area contributed by atoms with Crippen LogP contribution in [0.1, 0.15) is 19.3 Å². The van der Waals surface area contributed by atoms with E-state index in [1.807, 2.05) is 24.3 Å². The molecule has 2 aromatic rings. The van der Waals surface area contributed by atoms with Crippen LogP contribution in [0, 0.1) is 0 Å². The minimum atomic E-state index is 0.646. The van der Waals surface area contributed by atoms with Crippen molar-refractivity contribution in [3.8, 4) is 17.0 Å². The Balaban J connectivity index is 1.99. The molecule has 110 valence electrons. The highest BCUT2D eigenvalue weighted by Crippen LogP contribution is 2.32. The number of nitrogen functional groups attached to an aromatic ring is 1. The molecule has 1 aromatic heterocycles. The molecule has 1 aromatic carbocycles. The highest BCUT2D eigenvalue weighted by Gasteiger charge is 2.18. The smallest absolute Gasteiger partial charge is 0.155 e. The number of hydrogen-bond donors (Lipinski definition) is 1. The molecule has 2 N–H and O–H groups in total. The van der Waals surface area contributed by atoms with Crippen molar-refractivity contribution in [2.24, 2.45) is 0 Å². The van der Waals surface area contributed by atoms with Crippen LogP contribution in [0.3, 0.4) is 0 Å². The van der Waals surface area contributed by atoms with E-state index in [0.717, 1.165) is 35.9 Å². The summed E-state index contributed by atoms with van der Waals surface area (Å²) in [5, 5.41) is 0. The maximum absolute atomic E-state index is 6.33. The minimum Gasteiger partial charge on any atom is -0.497 e. The van der Waals surface area contributed by atoms with Gasteiger partial charge in [0.05, 0.1) is 12.8 Å². The number of hydrogen-bond acceptors (Lipinski definition) is 5. The second kappa shape index (κ2) is 5.99. The maximum Gasteiger partial charge on any atom is 0.155 e. The van der Waals surface area contributed by atoms with E-state index in [0.29, 0.717) is 5.69 Å². The Hall–Kier alpha value is -2.30. The van der Waals surface area contributed by atoms with Gasteiger partial charge < -0.3 is 15.4 Å². The van der Waals surface area contributed by atoms with Crippen molar-refractivity contribution < 1.29 is 4.74 Å². The first-order chi connectivity index (χ1) is 10.3. The quantitative estimate of drug-likeness (QED) is 0.939. The van der Waals surface area contributed by atoms with Gasteiger partial charge in [-0.15, -0.1) is 0 Å². The lowest BCUT2D eigenvalue weighted by atomic mass is 10.1. The summed E-state index contributed by atoms with van der Waals surface area (Å²) in [6.07, 6.45) is 5.26. The molecule has 1 fully saturated rings. The summed E-state index contributed by atoms with van der Waals surface area (Å²) in [7, 11) is 1.65. The molecule has 1 aliphatic rings. The topological polar surface area (TPSA) is 64.3 Å². The molecule has 0 radical (unpaired) electrons. The lowest BCUT2D eigenvalue weighted by molar-refractivity contribution is 0.415. The number of nitrogens with zero attached hydrogens (tertiary/aromatic N) is 3. The highest BCUT2D eigenvalue weighted by atomic mass is 16.5. The van der Waals surface area contributed by atoms with Crippen LogP contribution in [-0.2, 0) is 0 Å². The predicted molar refractivity (Wildman–Crippen MR) is 84.5 cm³/mol. The second-order valence-electron chi connectivity index (χ2n) is 5.24. The van der Waals surface area contributed by atoms with Gasteiger partial charge in [-0.2, -0.15) is 0 Å². The van der Waals surface area contributed by atoms with Crippen LogP contribution in [-0.4, -0.2) is 30.2 Å². The lowest BCUT2D eigenvalue weighted by Gasteiger charge is -2.28. The number of aromatic nitrogens is 2. The van der Waals surface area contributed by atoms with E-state index >= 15 is 0 Å². The van der Waals surface area contributed by atoms with Gasteiger partial charge in [0.25, 0.3) is 0 Å². The number of benzene rings is 1. The lowest BCUT2D eigenvalue weighted by Crippen LogP contribution is -2.31. The average molecular weight is 284 g/mol. The second-order valence-corrected chi connectivity index (χ2v) is 5.24. The van der Waals surface area contributed by atoms with Crippen molar-refractivity contribution in [3.63, 3.8) is 0 Å². The molecule has 21 heavy (non-hydrogen) atoms. The molecule has 3 rings (SSSR count). The zero-order valence-corrected chi connectivity index (χ0v) is 12.2. The van der Waals surface area contributed by atoms with E-state index in [9.17, 15) is 0 Å². The molecule has 0 spiro atoms. The van der Waals surface area contributed by atoms with Gasteiger partial charge in [-0.1, -0.05) is 12.1 Å². The zero-order chi connectivity index (χ0) is 14.7. The first-order valence-electron chi connectivity index (χ1n) is 7.29. The van der Waals surface area contributed by atoms with Gasteiger partial charge in [0.15, 0.2) is 5.82 Å². The SMILES string of the molecule is COc1cccc(-c2ncnc(N3CCCCC3)c2N)c1. The van der Waals surface area contributed by atoms with E-state index in [-0.39, 0.29) is 0 Å². The molecule has 0 unspecified atom stereocenters. The number of ether oxygens (including phenoxy) is 1. The predicted octanol–water partition coefficient (Wildman–Crippen LogP) is 2.72. The Morgan fingerprint density at radius 2 is 1.95 bits per heavy atom. The molecular formula is C16H20N4O. The van der Waals surface area contributed by atoms with Crippen LogP contribution in [0.5, 0.6) is 5.75 Å². The Kier molecular flexibility index (Phi) is 3.90. The average Bonchev–Trinajstić information content (AvgIpc) is 2.56. The summed E-state index contributed by atoms with van der Waals surface area (Å²) in [6.45, 7) is 2.03. The Morgan fingerprint density at radius 3 is 2.71 bits per heavy atom. The van der Waals surface area contributed by atoms with Crippen LogP contribution in [0.2, 0.25) is 0 Å². The molecular weight excluding hydrogens is 264 g/mol. The number of methoxy groups -OCH3 is 1. The third kappa shape index (κ3) is 2.77. The summed E-state index contributed by atoms with van der Waals surface area (Å²) < 4.78 is 5.27. The Morgan fingerprint density at radius 1 is 1.14 bits per heavy atom. The van der Waals surface area contributed by atoms with Gasteiger partial charge in [-0.05, 0) is 31.4 Å². The third-order valence-electron chi connectivity index (χ3n) is 3.86. The molecule has 1 aliphatic heterocycles. The van der Waals surface area contributed by atoms with E-state index in [1.165, 1.54) is 19.3 Å². The zero-order valence-electron chi connectivity index (χ0n) is 12.2. The fourth-order valence-electron chi connectivity index (χ4n) is 2.74. The van der Waals surface area contributed by atoms with E-state index in [4.69, 9.17) is 10.5 Å². The molecule has 0 amide bonds. The molecule has 5 nitrogen and oxygen atoms in total.